The van der Waals surface area contributed by atoms with Crippen molar-refractivity contribution in [3.05, 3.63) is 59.4 Å². The Hall–Kier alpha value is -1.41. The summed E-state index contributed by atoms with van der Waals surface area (Å²) in [6.45, 7) is 4.62. The summed E-state index contributed by atoms with van der Waals surface area (Å²) < 4.78 is 15.1. The Morgan fingerprint density at radius 1 is 0.774 bits per heavy atom. The van der Waals surface area contributed by atoms with Gasteiger partial charge in [0.05, 0.1) is 0 Å². The van der Waals surface area contributed by atoms with Gasteiger partial charge in [-0.1, -0.05) is 87.6 Å². The highest BCUT2D eigenvalue weighted by atomic mass is 28.3. The molecule has 2 aliphatic rings. The van der Waals surface area contributed by atoms with Gasteiger partial charge in [-0.2, -0.15) is 0 Å². The summed E-state index contributed by atoms with van der Waals surface area (Å²) in [4.78, 5) is 0. The van der Waals surface area contributed by atoms with Crippen LogP contribution in [0.3, 0.4) is 0 Å². The Balaban J connectivity index is 1.39. The van der Waals surface area contributed by atoms with E-state index in [4.69, 9.17) is 0 Å². The summed E-state index contributed by atoms with van der Waals surface area (Å²) in [6.07, 6.45) is 12.0. The maximum atomic E-state index is 15.1. The summed E-state index contributed by atoms with van der Waals surface area (Å²) >= 11 is 0. The monoisotopic (exact) mass is 436 g/mol. The SMILES string of the molecule is CCCC1CCC(c2ccc(-c3ccc(C4CC[SiH](CCC)CC4)cc3F)cc2)CC1. The lowest BCUT2D eigenvalue weighted by Gasteiger charge is -2.28. The van der Waals surface area contributed by atoms with Crippen molar-refractivity contribution in [3.8, 4) is 11.1 Å². The van der Waals surface area contributed by atoms with E-state index in [-0.39, 0.29) is 5.82 Å². The molecule has 1 heterocycles. The first kappa shape index (κ1) is 22.8. The fourth-order valence-corrected chi connectivity index (χ4v) is 9.77. The zero-order chi connectivity index (χ0) is 21.6. The maximum absolute atomic E-state index is 15.1. The van der Waals surface area contributed by atoms with Gasteiger partial charge in [0, 0.05) is 14.4 Å². The molecule has 0 nitrogen and oxygen atoms in total. The first-order chi connectivity index (χ1) is 15.2. The van der Waals surface area contributed by atoms with E-state index < -0.39 is 8.80 Å². The minimum atomic E-state index is -0.478. The van der Waals surface area contributed by atoms with Gasteiger partial charge in [-0.3, -0.25) is 0 Å². The Kier molecular flexibility index (Phi) is 8.04. The largest absolute Gasteiger partial charge is 0.206 e. The Bertz CT molecular complexity index is 811. The summed E-state index contributed by atoms with van der Waals surface area (Å²) in [5, 5.41) is 0. The van der Waals surface area contributed by atoms with Crippen molar-refractivity contribution in [2.75, 3.05) is 0 Å². The number of rotatable bonds is 7. The molecule has 0 aromatic heterocycles. The molecule has 1 saturated carbocycles. The molecule has 0 spiro atoms. The fourth-order valence-electron chi connectivity index (χ4n) is 6.34. The quantitative estimate of drug-likeness (QED) is 0.380. The topological polar surface area (TPSA) is 0 Å². The normalized spacial score (nSPS) is 26.7. The molecule has 1 aliphatic carbocycles. The van der Waals surface area contributed by atoms with Crippen molar-refractivity contribution in [1.82, 2.24) is 0 Å². The van der Waals surface area contributed by atoms with Crippen molar-refractivity contribution >= 4 is 8.80 Å². The molecule has 4 rings (SSSR count). The standard InChI is InChI=1S/C29H41FSi/c1-3-5-22-6-8-23(9-7-22)24-10-12-26(13-11-24)28-15-14-27(21-29(28)30)25-16-19-31(18-4-2)20-17-25/h10-15,21-23,25,31H,3-9,16-20H2,1-2H3. The van der Waals surface area contributed by atoms with Gasteiger partial charge in [0.15, 0.2) is 0 Å². The van der Waals surface area contributed by atoms with Crippen LogP contribution in [0, 0.1) is 11.7 Å². The first-order valence-corrected chi connectivity index (χ1v) is 15.5. The van der Waals surface area contributed by atoms with Crippen LogP contribution < -0.4 is 0 Å². The summed E-state index contributed by atoms with van der Waals surface area (Å²) in [7, 11) is -0.478. The van der Waals surface area contributed by atoms with Gasteiger partial charge >= 0.3 is 0 Å². The lowest BCUT2D eigenvalue weighted by Crippen LogP contribution is -2.20. The van der Waals surface area contributed by atoms with Crippen molar-refractivity contribution in [2.24, 2.45) is 5.92 Å². The van der Waals surface area contributed by atoms with Crippen molar-refractivity contribution in [3.63, 3.8) is 0 Å². The highest BCUT2D eigenvalue weighted by Crippen LogP contribution is 2.39. The summed E-state index contributed by atoms with van der Waals surface area (Å²) in [5.74, 6) is 2.17. The van der Waals surface area contributed by atoms with Crippen LogP contribution in [0.4, 0.5) is 4.39 Å². The molecule has 2 aromatic carbocycles. The molecule has 0 N–H and O–H groups in total. The van der Waals surface area contributed by atoms with Crippen molar-refractivity contribution < 1.29 is 4.39 Å². The molecule has 0 bridgehead atoms. The van der Waals surface area contributed by atoms with Crippen LogP contribution in [0.15, 0.2) is 42.5 Å². The van der Waals surface area contributed by atoms with Gasteiger partial charge in [-0.25, -0.2) is 4.39 Å². The average molecular weight is 437 g/mol. The summed E-state index contributed by atoms with van der Waals surface area (Å²) in [5.41, 5.74) is 4.46. The van der Waals surface area contributed by atoms with Crippen LogP contribution in [0.2, 0.25) is 18.1 Å². The zero-order valence-electron chi connectivity index (χ0n) is 19.7. The number of hydrogen-bond donors (Lipinski definition) is 0. The minimum Gasteiger partial charge on any atom is -0.206 e. The third kappa shape index (κ3) is 5.69. The van der Waals surface area contributed by atoms with Crippen molar-refractivity contribution in [1.29, 1.82) is 0 Å². The molecule has 168 valence electrons. The summed E-state index contributed by atoms with van der Waals surface area (Å²) in [6, 6.07) is 19.3. The zero-order valence-corrected chi connectivity index (χ0v) is 20.9. The first-order valence-electron chi connectivity index (χ1n) is 13.1. The third-order valence-corrected chi connectivity index (χ3v) is 11.9. The lowest BCUT2D eigenvalue weighted by atomic mass is 9.77. The van der Waals surface area contributed by atoms with E-state index in [9.17, 15) is 0 Å². The average Bonchev–Trinajstić information content (AvgIpc) is 2.81. The highest BCUT2D eigenvalue weighted by Gasteiger charge is 2.24. The predicted molar refractivity (Wildman–Crippen MR) is 135 cm³/mol. The van der Waals surface area contributed by atoms with E-state index in [1.807, 2.05) is 12.1 Å². The smallest absolute Gasteiger partial charge is 0.131 e. The molecule has 1 saturated heterocycles. The van der Waals surface area contributed by atoms with Crippen LogP contribution in [0.5, 0.6) is 0 Å². The van der Waals surface area contributed by atoms with E-state index in [1.165, 1.54) is 87.0 Å². The number of halogens is 1. The molecule has 0 amide bonds. The van der Waals surface area contributed by atoms with Crippen molar-refractivity contribution in [2.45, 2.75) is 102 Å². The lowest BCUT2D eigenvalue weighted by molar-refractivity contribution is 0.308. The molecule has 2 aromatic rings. The molecule has 2 heteroatoms. The van der Waals surface area contributed by atoms with Crippen LogP contribution in [-0.2, 0) is 0 Å². The van der Waals surface area contributed by atoms with Gasteiger partial charge in [0.1, 0.15) is 5.82 Å². The van der Waals surface area contributed by atoms with Gasteiger partial charge < -0.3 is 0 Å². The van der Waals surface area contributed by atoms with E-state index in [1.54, 1.807) is 0 Å². The number of benzene rings is 2. The van der Waals surface area contributed by atoms with E-state index in [2.05, 4.69) is 44.2 Å². The minimum absolute atomic E-state index is 0.0433. The Morgan fingerprint density at radius 3 is 2.03 bits per heavy atom. The van der Waals surface area contributed by atoms with Crippen LogP contribution in [0.25, 0.3) is 11.1 Å². The highest BCUT2D eigenvalue weighted by molar-refractivity contribution is 6.59. The van der Waals surface area contributed by atoms with Gasteiger partial charge in [-0.15, -0.1) is 0 Å². The van der Waals surface area contributed by atoms with E-state index in [0.717, 1.165) is 17.0 Å². The predicted octanol–water partition coefficient (Wildman–Crippen LogP) is 9.08. The molecule has 0 unspecified atom stereocenters. The second-order valence-corrected chi connectivity index (χ2v) is 13.8. The Morgan fingerprint density at radius 2 is 1.42 bits per heavy atom. The van der Waals surface area contributed by atoms with Crippen LogP contribution in [-0.4, -0.2) is 8.80 Å². The van der Waals surface area contributed by atoms with Crippen LogP contribution >= 0.6 is 0 Å². The van der Waals surface area contributed by atoms with Gasteiger partial charge in [-0.05, 0) is 79.0 Å². The molecule has 0 radical (unpaired) electrons. The van der Waals surface area contributed by atoms with E-state index >= 15 is 4.39 Å². The second kappa shape index (κ2) is 10.9. The molecule has 1 aliphatic heterocycles. The molecule has 31 heavy (non-hydrogen) atoms. The van der Waals surface area contributed by atoms with Gasteiger partial charge in [0.2, 0.25) is 0 Å². The number of hydrogen-bond acceptors (Lipinski definition) is 0. The van der Waals surface area contributed by atoms with E-state index in [0.29, 0.717) is 11.8 Å². The fraction of sp³-hybridized carbons (Fsp3) is 0.586. The molecule has 0 atom stereocenters. The van der Waals surface area contributed by atoms with Gasteiger partial charge in [0.25, 0.3) is 0 Å². The molecular weight excluding hydrogens is 395 g/mol. The maximum Gasteiger partial charge on any atom is 0.131 e. The van der Waals surface area contributed by atoms with Crippen LogP contribution in [0.1, 0.15) is 94.6 Å². The second-order valence-electron chi connectivity index (χ2n) is 10.4. The third-order valence-electron chi connectivity index (χ3n) is 8.24. The Labute approximate surface area is 191 Å². The molecule has 2 fully saturated rings. The molecular formula is C29H41FSi.